The predicted octanol–water partition coefficient (Wildman–Crippen LogP) is 3.65. The predicted molar refractivity (Wildman–Crippen MR) is 120 cm³/mol. The Hall–Kier alpha value is -3.48. The summed E-state index contributed by atoms with van der Waals surface area (Å²) in [5.74, 6) is 0.778. The second-order valence-electron chi connectivity index (χ2n) is 7.26. The highest BCUT2D eigenvalue weighted by atomic mass is 16.5. The first-order chi connectivity index (χ1) is 15.2. The fourth-order valence-corrected chi connectivity index (χ4v) is 3.46. The highest BCUT2D eigenvalue weighted by Crippen LogP contribution is 2.24. The summed E-state index contributed by atoms with van der Waals surface area (Å²) in [6, 6.07) is 24.7. The molecular formula is C25H24N2O4. The number of benzene rings is 3. The first kappa shape index (κ1) is 20.8. The molecule has 0 saturated heterocycles. The van der Waals surface area contributed by atoms with Gasteiger partial charge in [0.15, 0.2) is 0 Å². The molecule has 4 rings (SSSR count). The minimum Gasteiger partial charge on any atom is -0.497 e. The highest BCUT2D eigenvalue weighted by molar-refractivity contribution is 5.93. The summed E-state index contributed by atoms with van der Waals surface area (Å²) in [7, 11) is 1.62. The number of aliphatic hydroxyl groups excluding tert-OH is 1. The van der Waals surface area contributed by atoms with Crippen LogP contribution >= 0.6 is 0 Å². The smallest absolute Gasteiger partial charge is 0.274 e. The molecule has 0 aliphatic heterocycles. The summed E-state index contributed by atoms with van der Waals surface area (Å²) >= 11 is 0. The largest absolute Gasteiger partial charge is 0.497 e. The van der Waals surface area contributed by atoms with Crippen LogP contribution in [0.2, 0.25) is 0 Å². The van der Waals surface area contributed by atoms with Crippen LogP contribution in [0.3, 0.4) is 0 Å². The SMILES string of the molecule is COc1ccc(COC[C@H](O)Cn2nc(-c3ccccc3)c3ccccc3c2=O)cc1. The molecule has 3 aromatic carbocycles. The zero-order valence-corrected chi connectivity index (χ0v) is 17.3. The van der Waals surface area contributed by atoms with Crippen molar-refractivity contribution in [3.8, 4) is 17.0 Å². The van der Waals surface area contributed by atoms with Crippen LogP contribution in [0.15, 0.2) is 83.7 Å². The van der Waals surface area contributed by atoms with Gasteiger partial charge in [0, 0.05) is 10.9 Å². The van der Waals surface area contributed by atoms with Gasteiger partial charge in [0.25, 0.3) is 5.56 Å². The zero-order chi connectivity index (χ0) is 21.6. The van der Waals surface area contributed by atoms with Crippen LogP contribution in [-0.2, 0) is 17.9 Å². The molecule has 0 saturated carbocycles. The quantitative estimate of drug-likeness (QED) is 0.475. The van der Waals surface area contributed by atoms with Crippen molar-refractivity contribution in [3.05, 3.63) is 94.8 Å². The number of rotatable bonds is 8. The van der Waals surface area contributed by atoms with Gasteiger partial charge in [-0.3, -0.25) is 4.79 Å². The highest BCUT2D eigenvalue weighted by Gasteiger charge is 2.14. The summed E-state index contributed by atoms with van der Waals surface area (Å²) < 4.78 is 12.1. The van der Waals surface area contributed by atoms with E-state index in [2.05, 4.69) is 5.10 Å². The van der Waals surface area contributed by atoms with Gasteiger partial charge >= 0.3 is 0 Å². The van der Waals surface area contributed by atoms with E-state index < -0.39 is 6.10 Å². The van der Waals surface area contributed by atoms with Gasteiger partial charge < -0.3 is 14.6 Å². The lowest BCUT2D eigenvalue weighted by Gasteiger charge is -2.15. The van der Waals surface area contributed by atoms with Gasteiger partial charge in [-0.05, 0) is 23.8 Å². The Bertz CT molecular complexity index is 1200. The second-order valence-corrected chi connectivity index (χ2v) is 7.26. The maximum atomic E-state index is 12.9. The van der Waals surface area contributed by atoms with E-state index in [0.29, 0.717) is 17.7 Å². The number of aliphatic hydroxyl groups is 1. The van der Waals surface area contributed by atoms with Crippen molar-refractivity contribution >= 4 is 10.8 Å². The molecule has 1 atom stereocenters. The van der Waals surface area contributed by atoms with Crippen LogP contribution in [0.4, 0.5) is 0 Å². The number of hydrogen-bond acceptors (Lipinski definition) is 5. The first-order valence-electron chi connectivity index (χ1n) is 10.1. The van der Waals surface area contributed by atoms with Gasteiger partial charge in [0.2, 0.25) is 0 Å². The maximum Gasteiger partial charge on any atom is 0.274 e. The molecule has 0 spiro atoms. The minimum atomic E-state index is -0.867. The van der Waals surface area contributed by atoms with Crippen molar-refractivity contribution in [3.63, 3.8) is 0 Å². The molecule has 0 aliphatic carbocycles. The Morgan fingerprint density at radius 3 is 2.32 bits per heavy atom. The number of hydrogen-bond donors (Lipinski definition) is 1. The zero-order valence-electron chi connectivity index (χ0n) is 17.3. The number of methoxy groups -OCH3 is 1. The molecule has 158 valence electrons. The Labute approximate surface area is 180 Å². The van der Waals surface area contributed by atoms with E-state index in [4.69, 9.17) is 9.47 Å². The van der Waals surface area contributed by atoms with Crippen LogP contribution in [-0.4, -0.2) is 34.7 Å². The molecule has 0 unspecified atom stereocenters. The van der Waals surface area contributed by atoms with E-state index in [1.54, 1.807) is 13.2 Å². The van der Waals surface area contributed by atoms with Gasteiger partial charge in [0.1, 0.15) is 5.75 Å². The molecule has 1 N–H and O–H groups in total. The Morgan fingerprint density at radius 2 is 1.61 bits per heavy atom. The molecule has 1 heterocycles. The summed E-state index contributed by atoms with van der Waals surface area (Å²) in [4.78, 5) is 12.9. The van der Waals surface area contributed by atoms with Gasteiger partial charge in [0.05, 0.1) is 44.1 Å². The van der Waals surface area contributed by atoms with Gasteiger partial charge in [-0.1, -0.05) is 60.7 Å². The lowest BCUT2D eigenvalue weighted by molar-refractivity contribution is 0.0181. The van der Waals surface area contributed by atoms with Crippen LogP contribution in [0.5, 0.6) is 5.75 Å². The van der Waals surface area contributed by atoms with Crippen molar-refractivity contribution < 1.29 is 14.6 Å². The minimum absolute atomic E-state index is 0.0477. The lowest BCUT2D eigenvalue weighted by Crippen LogP contribution is -2.31. The monoisotopic (exact) mass is 416 g/mol. The van der Waals surface area contributed by atoms with Crippen molar-refractivity contribution in [2.45, 2.75) is 19.3 Å². The third-order valence-corrected chi connectivity index (χ3v) is 5.04. The number of aromatic nitrogens is 2. The third kappa shape index (κ3) is 4.82. The van der Waals surface area contributed by atoms with E-state index in [0.717, 1.165) is 22.3 Å². The molecular weight excluding hydrogens is 392 g/mol. The molecule has 4 aromatic rings. The van der Waals surface area contributed by atoms with Gasteiger partial charge in [-0.15, -0.1) is 0 Å². The van der Waals surface area contributed by atoms with Gasteiger partial charge in [-0.2, -0.15) is 5.10 Å². The van der Waals surface area contributed by atoms with E-state index in [1.165, 1.54) is 4.68 Å². The van der Waals surface area contributed by atoms with Crippen LogP contribution < -0.4 is 10.3 Å². The number of ether oxygens (including phenoxy) is 2. The molecule has 0 amide bonds. The van der Waals surface area contributed by atoms with E-state index in [-0.39, 0.29) is 18.7 Å². The first-order valence-corrected chi connectivity index (χ1v) is 10.1. The van der Waals surface area contributed by atoms with Gasteiger partial charge in [-0.25, -0.2) is 4.68 Å². The molecule has 0 aliphatic rings. The molecule has 0 fully saturated rings. The fourth-order valence-electron chi connectivity index (χ4n) is 3.46. The molecule has 6 heteroatoms. The second kappa shape index (κ2) is 9.55. The van der Waals surface area contributed by atoms with E-state index in [1.807, 2.05) is 72.8 Å². The summed E-state index contributed by atoms with van der Waals surface area (Å²) in [5, 5.41) is 16.4. The average molecular weight is 416 g/mol. The Morgan fingerprint density at radius 1 is 0.935 bits per heavy atom. The number of fused-ring (bicyclic) bond motifs is 1. The van der Waals surface area contributed by atoms with Crippen molar-refractivity contribution in [1.82, 2.24) is 9.78 Å². The number of nitrogens with zero attached hydrogens (tertiary/aromatic N) is 2. The molecule has 0 bridgehead atoms. The molecule has 1 aromatic heterocycles. The van der Waals surface area contributed by atoms with Crippen LogP contribution in [0.1, 0.15) is 5.56 Å². The summed E-state index contributed by atoms with van der Waals surface area (Å²) in [5.41, 5.74) is 2.37. The Balaban J connectivity index is 1.51. The van der Waals surface area contributed by atoms with Crippen LogP contribution in [0, 0.1) is 0 Å². The third-order valence-electron chi connectivity index (χ3n) is 5.04. The molecule has 6 nitrogen and oxygen atoms in total. The fraction of sp³-hybridized carbons (Fsp3) is 0.200. The average Bonchev–Trinajstić information content (AvgIpc) is 2.82. The summed E-state index contributed by atoms with van der Waals surface area (Å²) in [6.45, 7) is 0.496. The van der Waals surface area contributed by atoms with E-state index in [9.17, 15) is 9.90 Å². The Kier molecular flexibility index (Phi) is 6.40. The van der Waals surface area contributed by atoms with Crippen molar-refractivity contribution in [2.75, 3.05) is 13.7 Å². The normalized spacial score (nSPS) is 12.1. The standard InChI is InChI=1S/C25H24N2O4/c1-30-21-13-11-18(12-14-21)16-31-17-20(28)15-27-25(29)23-10-6-5-9-22(23)24(26-27)19-7-3-2-4-8-19/h2-14,20,28H,15-17H2,1H3/t20-/m1/s1. The van der Waals surface area contributed by atoms with Crippen molar-refractivity contribution in [2.24, 2.45) is 0 Å². The topological polar surface area (TPSA) is 73.6 Å². The van der Waals surface area contributed by atoms with Crippen LogP contribution in [0.25, 0.3) is 22.0 Å². The van der Waals surface area contributed by atoms with Crippen molar-refractivity contribution in [1.29, 1.82) is 0 Å². The van der Waals surface area contributed by atoms with E-state index >= 15 is 0 Å². The maximum absolute atomic E-state index is 12.9. The lowest BCUT2D eigenvalue weighted by atomic mass is 10.1. The molecule has 0 radical (unpaired) electrons. The summed E-state index contributed by atoms with van der Waals surface area (Å²) in [6.07, 6.45) is -0.867. The molecule has 31 heavy (non-hydrogen) atoms.